The Labute approximate surface area is 224 Å². The number of ether oxygens (including phenoxy) is 1. The molecule has 0 aliphatic carbocycles. The summed E-state index contributed by atoms with van der Waals surface area (Å²) in [6.07, 6.45) is 1.14. The highest BCUT2D eigenvalue weighted by Crippen LogP contribution is 2.31. The molecule has 0 atom stereocenters. The van der Waals surface area contributed by atoms with Crippen LogP contribution in [0.15, 0.2) is 89.8 Å². The number of H-pyrrole nitrogens is 1. The number of nitrogens with zero attached hydrogens (tertiary/aromatic N) is 2. The molecule has 1 aliphatic heterocycles. The number of aromatic nitrogens is 2. The maximum absolute atomic E-state index is 13.5. The van der Waals surface area contributed by atoms with Crippen molar-refractivity contribution in [2.75, 3.05) is 19.4 Å². The number of sulfone groups is 1. The number of rotatable bonds is 4. The van der Waals surface area contributed by atoms with E-state index in [9.17, 15) is 17.6 Å². The Bertz CT molecular complexity index is 1810. The molecule has 0 saturated carbocycles. The number of aromatic amines is 1. The second-order valence-corrected chi connectivity index (χ2v) is 11.5. The van der Waals surface area contributed by atoms with E-state index in [-0.39, 0.29) is 16.6 Å². The molecule has 1 aromatic heterocycles. The van der Waals surface area contributed by atoms with E-state index in [1.807, 2.05) is 42.5 Å². The van der Waals surface area contributed by atoms with Crippen LogP contribution in [-0.4, -0.2) is 48.6 Å². The Morgan fingerprint density at radius 2 is 1.64 bits per heavy atom. The first-order chi connectivity index (χ1) is 18.7. The normalized spacial score (nSPS) is 13.5. The average Bonchev–Trinajstić information content (AvgIpc) is 3.23. The van der Waals surface area contributed by atoms with Gasteiger partial charge in [0, 0.05) is 29.5 Å². The molecule has 5 aromatic rings. The summed E-state index contributed by atoms with van der Waals surface area (Å²) in [6, 6.07) is 24.3. The molecule has 9 heteroatoms. The van der Waals surface area contributed by atoms with Crippen LogP contribution in [-0.2, 0) is 16.4 Å². The third-order valence-electron chi connectivity index (χ3n) is 6.79. The van der Waals surface area contributed by atoms with Crippen molar-refractivity contribution >= 4 is 26.8 Å². The van der Waals surface area contributed by atoms with Crippen molar-refractivity contribution in [1.29, 1.82) is 0 Å². The third-order valence-corrected chi connectivity index (χ3v) is 7.92. The van der Waals surface area contributed by atoms with E-state index in [1.165, 1.54) is 24.3 Å². The van der Waals surface area contributed by atoms with Crippen molar-refractivity contribution in [3.63, 3.8) is 0 Å². The summed E-state index contributed by atoms with van der Waals surface area (Å²) in [5.74, 6) is 0.890. The Morgan fingerprint density at radius 3 is 2.38 bits per heavy atom. The summed E-state index contributed by atoms with van der Waals surface area (Å²) < 4.78 is 43.0. The van der Waals surface area contributed by atoms with Crippen LogP contribution in [0.1, 0.15) is 15.9 Å². The minimum Gasteiger partial charge on any atom is -0.491 e. The fourth-order valence-electron chi connectivity index (χ4n) is 4.71. The van der Waals surface area contributed by atoms with Gasteiger partial charge in [-0.1, -0.05) is 30.3 Å². The monoisotopic (exact) mass is 541 g/mol. The molecule has 0 radical (unpaired) electrons. The zero-order valence-corrected chi connectivity index (χ0v) is 21.8. The van der Waals surface area contributed by atoms with Crippen molar-refractivity contribution in [3.05, 3.63) is 102 Å². The summed E-state index contributed by atoms with van der Waals surface area (Å²) in [5.41, 5.74) is 5.49. The van der Waals surface area contributed by atoms with E-state index in [0.29, 0.717) is 42.1 Å². The largest absolute Gasteiger partial charge is 0.491 e. The number of carbonyl (C=O) groups is 1. The Balaban J connectivity index is 1.23. The fraction of sp³-hybridized carbons (Fsp3) is 0.133. The first-order valence-electron chi connectivity index (χ1n) is 12.4. The Hall–Kier alpha value is -4.50. The predicted molar refractivity (Wildman–Crippen MR) is 147 cm³/mol. The number of amides is 1. The molecule has 0 saturated heterocycles. The minimum atomic E-state index is -3.34. The standard InChI is InChI=1S/C30H24FN3O4S/c1-39(36,37)25-10-6-21(7-11-25)30(35)34-14-15-38-28-13-8-22(16-23(28)18-34)19-2-4-20(5-3-19)29-32-26-12-9-24(31)17-27(26)33-29/h2-13,16-17H,14-15,18H2,1H3,(H,32,33). The van der Waals surface area contributed by atoms with E-state index < -0.39 is 9.84 Å². The molecule has 0 fully saturated rings. The summed E-state index contributed by atoms with van der Waals surface area (Å²) in [4.78, 5) is 22.8. The van der Waals surface area contributed by atoms with Crippen LogP contribution in [0, 0.1) is 5.82 Å². The summed E-state index contributed by atoms with van der Waals surface area (Å²) >= 11 is 0. The number of carbonyl (C=O) groups excluding carboxylic acids is 1. The third kappa shape index (κ3) is 5.00. The maximum atomic E-state index is 13.5. The van der Waals surface area contributed by atoms with E-state index in [4.69, 9.17) is 4.74 Å². The average molecular weight is 542 g/mol. The molecule has 39 heavy (non-hydrogen) atoms. The zero-order chi connectivity index (χ0) is 27.1. The maximum Gasteiger partial charge on any atom is 0.254 e. The lowest BCUT2D eigenvalue weighted by Crippen LogP contribution is -2.32. The second-order valence-electron chi connectivity index (χ2n) is 9.52. The highest BCUT2D eigenvalue weighted by Gasteiger charge is 2.22. The Morgan fingerprint density at radius 1 is 0.923 bits per heavy atom. The first-order valence-corrected chi connectivity index (χ1v) is 14.2. The molecule has 0 unspecified atom stereocenters. The van der Waals surface area contributed by atoms with Crippen LogP contribution >= 0.6 is 0 Å². The lowest BCUT2D eigenvalue weighted by molar-refractivity contribution is 0.0733. The van der Waals surface area contributed by atoms with Crippen molar-refractivity contribution in [1.82, 2.24) is 14.9 Å². The van der Waals surface area contributed by atoms with Crippen LogP contribution in [0.3, 0.4) is 0 Å². The topological polar surface area (TPSA) is 92.4 Å². The first kappa shape index (κ1) is 24.8. The van der Waals surface area contributed by atoms with Crippen LogP contribution in [0.4, 0.5) is 4.39 Å². The smallest absolute Gasteiger partial charge is 0.254 e. The van der Waals surface area contributed by atoms with Gasteiger partial charge in [-0.3, -0.25) is 4.79 Å². The predicted octanol–water partition coefficient (Wildman–Crippen LogP) is 5.47. The van der Waals surface area contributed by atoms with Gasteiger partial charge in [-0.25, -0.2) is 17.8 Å². The molecule has 6 rings (SSSR count). The molecular formula is C30H24FN3O4S. The molecule has 7 nitrogen and oxygen atoms in total. The van der Waals surface area contributed by atoms with Gasteiger partial charge in [-0.05, 0) is 65.7 Å². The second kappa shape index (κ2) is 9.67. The molecule has 196 valence electrons. The molecule has 2 heterocycles. The molecule has 0 spiro atoms. The van der Waals surface area contributed by atoms with Crippen LogP contribution in [0.25, 0.3) is 33.5 Å². The van der Waals surface area contributed by atoms with Gasteiger partial charge in [-0.15, -0.1) is 0 Å². The molecule has 1 amide bonds. The molecular weight excluding hydrogens is 517 g/mol. The summed E-state index contributed by atoms with van der Waals surface area (Å²) in [7, 11) is -3.34. The molecule has 1 N–H and O–H groups in total. The quantitative estimate of drug-likeness (QED) is 0.326. The number of nitrogens with one attached hydrogen (secondary N) is 1. The minimum absolute atomic E-state index is 0.175. The number of hydrogen-bond acceptors (Lipinski definition) is 5. The lowest BCUT2D eigenvalue weighted by atomic mass is 10.0. The van der Waals surface area contributed by atoms with Gasteiger partial charge in [-0.2, -0.15) is 0 Å². The summed E-state index contributed by atoms with van der Waals surface area (Å²) in [5, 5.41) is 0. The van der Waals surface area contributed by atoms with Crippen molar-refractivity contribution in [2.45, 2.75) is 11.4 Å². The van der Waals surface area contributed by atoms with Crippen molar-refractivity contribution in [3.8, 4) is 28.3 Å². The van der Waals surface area contributed by atoms with Gasteiger partial charge < -0.3 is 14.6 Å². The van der Waals surface area contributed by atoms with E-state index in [1.54, 1.807) is 23.1 Å². The van der Waals surface area contributed by atoms with Crippen LogP contribution < -0.4 is 4.74 Å². The number of imidazole rings is 1. The summed E-state index contributed by atoms with van der Waals surface area (Å²) in [6.45, 7) is 1.13. The molecule has 4 aromatic carbocycles. The number of halogens is 1. The van der Waals surface area contributed by atoms with Gasteiger partial charge in [0.05, 0.1) is 22.5 Å². The molecule has 1 aliphatic rings. The number of fused-ring (bicyclic) bond motifs is 2. The molecule has 0 bridgehead atoms. The number of benzene rings is 4. The van der Waals surface area contributed by atoms with Crippen molar-refractivity contribution < 1.29 is 22.3 Å². The fourth-order valence-corrected chi connectivity index (χ4v) is 5.34. The SMILES string of the molecule is CS(=O)(=O)c1ccc(C(=O)N2CCOc3ccc(-c4ccc(-c5nc6ccc(F)cc6[nH]5)cc4)cc3C2)cc1. The van der Waals surface area contributed by atoms with Crippen LogP contribution in [0.2, 0.25) is 0 Å². The number of hydrogen-bond donors (Lipinski definition) is 1. The van der Waals surface area contributed by atoms with Gasteiger partial charge in [0.1, 0.15) is 24.0 Å². The Kier molecular flexibility index (Phi) is 6.15. The van der Waals surface area contributed by atoms with E-state index in [0.717, 1.165) is 34.3 Å². The van der Waals surface area contributed by atoms with Gasteiger partial charge in [0.25, 0.3) is 5.91 Å². The van der Waals surface area contributed by atoms with E-state index >= 15 is 0 Å². The highest BCUT2D eigenvalue weighted by molar-refractivity contribution is 7.90. The zero-order valence-electron chi connectivity index (χ0n) is 21.0. The lowest BCUT2D eigenvalue weighted by Gasteiger charge is -2.20. The van der Waals surface area contributed by atoms with Crippen molar-refractivity contribution in [2.24, 2.45) is 0 Å². The van der Waals surface area contributed by atoms with Gasteiger partial charge >= 0.3 is 0 Å². The van der Waals surface area contributed by atoms with Gasteiger partial charge in [0.2, 0.25) is 0 Å². The van der Waals surface area contributed by atoms with E-state index in [2.05, 4.69) is 9.97 Å². The van der Waals surface area contributed by atoms with Gasteiger partial charge in [0.15, 0.2) is 9.84 Å². The highest BCUT2D eigenvalue weighted by atomic mass is 32.2. The van der Waals surface area contributed by atoms with Crippen LogP contribution in [0.5, 0.6) is 5.75 Å².